The highest BCUT2D eigenvalue weighted by molar-refractivity contribution is 7.99. The molecule has 0 unspecified atom stereocenters. The van der Waals surface area contributed by atoms with Crippen LogP contribution in [0.1, 0.15) is 83.1 Å². The Kier molecular flexibility index (Phi) is 13.4. The van der Waals surface area contributed by atoms with Crippen molar-refractivity contribution in [3.63, 3.8) is 0 Å². The SMILES string of the molecule is CCSCCCCCCCCCCCCCc1ccc(F)cc1. The summed E-state index contributed by atoms with van der Waals surface area (Å²) in [5, 5.41) is 0. The van der Waals surface area contributed by atoms with Gasteiger partial charge in [-0.15, -0.1) is 0 Å². The van der Waals surface area contributed by atoms with Crippen molar-refractivity contribution in [2.45, 2.75) is 84.0 Å². The maximum absolute atomic E-state index is 12.8. The number of hydrogen-bond donors (Lipinski definition) is 0. The van der Waals surface area contributed by atoms with Crippen molar-refractivity contribution in [3.05, 3.63) is 35.6 Å². The number of unbranched alkanes of at least 4 members (excludes halogenated alkanes) is 10. The van der Waals surface area contributed by atoms with Gasteiger partial charge in [0, 0.05) is 0 Å². The average molecular weight is 339 g/mol. The van der Waals surface area contributed by atoms with Gasteiger partial charge in [0.05, 0.1) is 0 Å². The normalized spacial score (nSPS) is 11.0. The molecule has 0 radical (unpaired) electrons. The first-order valence-electron chi connectivity index (χ1n) is 9.65. The van der Waals surface area contributed by atoms with Gasteiger partial charge in [-0.2, -0.15) is 11.8 Å². The fraction of sp³-hybridized carbons (Fsp3) is 0.714. The van der Waals surface area contributed by atoms with Crippen LogP contribution in [0.2, 0.25) is 0 Å². The van der Waals surface area contributed by atoms with Crippen molar-refractivity contribution >= 4 is 11.8 Å². The Morgan fingerprint density at radius 3 is 1.70 bits per heavy atom. The van der Waals surface area contributed by atoms with E-state index < -0.39 is 0 Å². The maximum atomic E-state index is 12.8. The highest BCUT2D eigenvalue weighted by Gasteiger charge is 1.96. The summed E-state index contributed by atoms with van der Waals surface area (Å²) >= 11 is 2.07. The van der Waals surface area contributed by atoms with Gasteiger partial charge in [0.2, 0.25) is 0 Å². The van der Waals surface area contributed by atoms with Crippen molar-refractivity contribution in [1.82, 2.24) is 0 Å². The molecule has 1 rings (SSSR count). The lowest BCUT2D eigenvalue weighted by molar-refractivity contribution is 0.550. The van der Waals surface area contributed by atoms with Gasteiger partial charge in [0.25, 0.3) is 0 Å². The largest absolute Gasteiger partial charge is 0.207 e. The van der Waals surface area contributed by atoms with Gasteiger partial charge in [-0.05, 0) is 48.5 Å². The van der Waals surface area contributed by atoms with Crippen LogP contribution >= 0.6 is 11.8 Å². The zero-order valence-electron chi connectivity index (χ0n) is 15.0. The van der Waals surface area contributed by atoms with Gasteiger partial charge < -0.3 is 0 Å². The number of benzene rings is 1. The third kappa shape index (κ3) is 12.6. The highest BCUT2D eigenvalue weighted by Crippen LogP contribution is 2.14. The van der Waals surface area contributed by atoms with Crippen molar-refractivity contribution in [3.8, 4) is 0 Å². The summed E-state index contributed by atoms with van der Waals surface area (Å²) in [5.41, 5.74) is 1.27. The van der Waals surface area contributed by atoms with Crippen LogP contribution in [0.25, 0.3) is 0 Å². The number of aryl methyl sites for hydroxylation is 1. The molecule has 0 nitrogen and oxygen atoms in total. The van der Waals surface area contributed by atoms with Crippen molar-refractivity contribution in [1.29, 1.82) is 0 Å². The molecule has 0 amide bonds. The average Bonchev–Trinajstić information content (AvgIpc) is 2.57. The molecule has 23 heavy (non-hydrogen) atoms. The first-order valence-corrected chi connectivity index (χ1v) is 10.8. The van der Waals surface area contributed by atoms with Crippen LogP contribution in [-0.2, 0) is 6.42 Å². The summed E-state index contributed by atoms with van der Waals surface area (Å²) in [7, 11) is 0. The van der Waals surface area contributed by atoms with Crippen LogP contribution in [0.15, 0.2) is 24.3 Å². The molecular weight excluding hydrogens is 303 g/mol. The van der Waals surface area contributed by atoms with E-state index in [1.807, 2.05) is 12.1 Å². The lowest BCUT2D eigenvalue weighted by Crippen LogP contribution is -1.87. The van der Waals surface area contributed by atoms with E-state index in [0.29, 0.717) is 0 Å². The second kappa shape index (κ2) is 15.1. The molecule has 132 valence electrons. The summed E-state index contributed by atoms with van der Waals surface area (Å²) in [5.74, 6) is 2.49. The number of hydrogen-bond acceptors (Lipinski definition) is 1. The summed E-state index contributed by atoms with van der Waals surface area (Å²) in [6, 6.07) is 6.96. The van der Waals surface area contributed by atoms with E-state index in [2.05, 4.69) is 18.7 Å². The maximum Gasteiger partial charge on any atom is 0.123 e. The Morgan fingerprint density at radius 2 is 1.17 bits per heavy atom. The van der Waals surface area contributed by atoms with E-state index in [1.165, 1.54) is 87.7 Å². The van der Waals surface area contributed by atoms with Gasteiger partial charge >= 0.3 is 0 Å². The van der Waals surface area contributed by atoms with Crippen molar-refractivity contribution in [2.24, 2.45) is 0 Å². The lowest BCUT2D eigenvalue weighted by atomic mass is 10.0. The van der Waals surface area contributed by atoms with Gasteiger partial charge in [0.15, 0.2) is 0 Å². The third-order valence-corrected chi connectivity index (χ3v) is 5.36. The van der Waals surface area contributed by atoms with Crippen LogP contribution in [0.4, 0.5) is 4.39 Å². The van der Waals surface area contributed by atoms with Crippen LogP contribution in [0, 0.1) is 5.82 Å². The molecule has 0 saturated heterocycles. The van der Waals surface area contributed by atoms with Crippen LogP contribution in [0.5, 0.6) is 0 Å². The molecule has 0 fully saturated rings. The van der Waals surface area contributed by atoms with E-state index >= 15 is 0 Å². The molecule has 0 aliphatic heterocycles. The van der Waals surface area contributed by atoms with Gasteiger partial charge in [-0.3, -0.25) is 0 Å². The Morgan fingerprint density at radius 1 is 0.696 bits per heavy atom. The van der Waals surface area contributed by atoms with Crippen molar-refractivity contribution in [2.75, 3.05) is 11.5 Å². The van der Waals surface area contributed by atoms with Gasteiger partial charge in [0.1, 0.15) is 5.82 Å². The minimum absolute atomic E-state index is 0.131. The monoisotopic (exact) mass is 338 g/mol. The first-order chi connectivity index (χ1) is 11.3. The molecule has 0 saturated carbocycles. The number of halogens is 1. The quantitative estimate of drug-likeness (QED) is 0.300. The second-order valence-corrected chi connectivity index (χ2v) is 7.86. The summed E-state index contributed by atoms with van der Waals surface area (Å²) in [6.07, 6.45) is 16.3. The lowest BCUT2D eigenvalue weighted by Gasteiger charge is -2.04. The number of thioether (sulfide) groups is 1. The molecule has 0 heterocycles. The van der Waals surface area contributed by atoms with Crippen LogP contribution in [0.3, 0.4) is 0 Å². The molecule has 0 N–H and O–H groups in total. The smallest absolute Gasteiger partial charge is 0.123 e. The highest BCUT2D eigenvalue weighted by atomic mass is 32.2. The molecular formula is C21H35FS. The molecule has 0 atom stereocenters. The van der Waals surface area contributed by atoms with Gasteiger partial charge in [-0.1, -0.05) is 76.8 Å². The Hall–Kier alpha value is -0.500. The molecule has 1 aromatic carbocycles. The summed E-state index contributed by atoms with van der Waals surface area (Å²) in [6.45, 7) is 2.24. The second-order valence-electron chi connectivity index (χ2n) is 6.46. The van der Waals surface area contributed by atoms with E-state index in [9.17, 15) is 4.39 Å². The van der Waals surface area contributed by atoms with E-state index in [0.717, 1.165) is 6.42 Å². The zero-order valence-corrected chi connectivity index (χ0v) is 15.8. The molecule has 2 heteroatoms. The predicted molar refractivity (Wildman–Crippen MR) is 104 cm³/mol. The van der Waals surface area contributed by atoms with Crippen molar-refractivity contribution < 1.29 is 4.39 Å². The fourth-order valence-corrected chi connectivity index (χ4v) is 3.62. The van der Waals surface area contributed by atoms with E-state index in [4.69, 9.17) is 0 Å². The standard InChI is InChI=1S/C21H35FS/c1-2-23-19-13-11-9-7-5-3-4-6-8-10-12-14-20-15-17-21(22)18-16-20/h15-18H,2-14,19H2,1H3. The molecule has 0 aromatic heterocycles. The van der Waals surface area contributed by atoms with Gasteiger partial charge in [-0.25, -0.2) is 4.39 Å². The fourth-order valence-electron chi connectivity index (χ4n) is 2.92. The van der Waals surface area contributed by atoms with Crippen LogP contribution < -0.4 is 0 Å². The van der Waals surface area contributed by atoms with Crippen LogP contribution in [-0.4, -0.2) is 11.5 Å². The van der Waals surface area contributed by atoms with E-state index in [-0.39, 0.29) is 5.82 Å². The van der Waals surface area contributed by atoms with E-state index in [1.54, 1.807) is 12.1 Å². The Labute approximate surface area is 147 Å². The third-order valence-electron chi connectivity index (χ3n) is 4.37. The predicted octanol–water partition coefficient (Wildman–Crippen LogP) is 7.41. The summed E-state index contributed by atoms with van der Waals surface area (Å²) < 4.78 is 12.8. The molecule has 0 spiro atoms. The summed E-state index contributed by atoms with van der Waals surface area (Å²) in [4.78, 5) is 0. The molecule has 0 aliphatic rings. The zero-order chi connectivity index (χ0) is 16.6. The Bertz CT molecular complexity index is 361. The topological polar surface area (TPSA) is 0 Å². The molecule has 0 bridgehead atoms. The number of rotatable bonds is 15. The molecule has 0 aliphatic carbocycles. The Balaban J connectivity index is 1.77. The first kappa shape index (κ1) is 20.5. The minimum atomic E-state index is -0.131. The minimum Gasteiger partial charge on any atom is -0.207 e. The molecule has 1 aromatic rings.